The fourth-order valence-electron chi connectivity index (χ4n) is 4.08. The molecule has 1 aliphatic carbocycles. The second-order valence-corrected chi connectivity index (χ2v) is 8.77. The minimum absolute atomic E-state index is 0.146. The SMILES string of the molecule is N#CCCN(CCC#N)C(=O)COC(=O)c1c2c(nc3ccccc13)/C(=C/c1cccs1)CC2. The summed E-state index contributed by atoms with van der Waals surface area (Å²) in [5, 5.41) is 20.4. The molecule has 0 unspecified atom stereocenters. The Hall–Kier alpha value is -4.01. The maximum Gasteiger partial charge on any atom is 0.339 e. The number of allylic oxidation sites excluding steroid dienone is 1. The molecule has 34 heavy (non-hydrogen) atoms. The molecule has 0 fully saturated rings. The predicted octanol–water partition coefficient (Wildman–Crippen LogP) is 4.60. The smallest absolute Gasteiger partial charge is 0.339 e. The maximum atomic E-state index is 13.3. The monoisotopic (exact) mass is 470 g/mol. The van der Waals surface area contributed by atoms with Crippen LogP contribution in [0.15, 0.2) is 41.8 Å². The van der Waals surface area contributed by atoms with Gasteiger partial charge in [-0.3, -0.25) is 4.79 Å². The second-order valence-electron chi connectivity index (χ2n) is 7.79. The first kappa shape index (κ1) is 23.2. The van der Waals surface area contributed by atoms with E-state index in [4.69, 9.17) is 20.2 Å². The molecular formula is C26H22N4O3S. The molecule has 8 heteroatoms. The standard InChI is InChI=1S/C26H22N4O3S/c27-11-4-13-30(14-5-12-28)23(31)17-33-26(32)24-20-7-1-2-8-22(20)29-25-18(9-10-21(24)25)16-19-6-3-15-34-19/h1-3,6-8,15-16H,4-5,9-10,13-14,17H2/b18-16+. The van der Waals surface area contributed by atoms with Gasteiger partial charge in [0.05, 0.1) is 41.8 Å². The van der Waals surface area contributed by atoms with E-state index in [1.165, 1.54) is 4.90 Å². The Morgan fingerprint density at radius 2 is 1.85 bits per heavy atom. The summed E-state index contributed by atoms with van der Waals surface area (Å²) in [4.78, 5) is 33.2. The molecule has 0 aliphatic heterocycles. The van der Waals surface area contributed by atoms with Gasteiger partial charge >= 0.3 is 5.97 Å². The number of nitrogens with zero attached hydrogens (tertiary/aromatic N) is 4. The summed E-state index contributed by atoms with van der Waals surface area (Å²) in [6.07, 6.45) is 3.84. The minimum Gasteiger partial charge on any atom is -0.452 e. The molecule has 1 amide bonds. The van der Waals surface area contributed by atoms with Crippen molar-refractivity contribution in [3.63, 3.8) is 0 Å². The summed E-state index contributed by atoms with van der Waals surface area (Å²) in [5.41, 5.74) is 3.86. The molecule has 0 atom stereocenters. The molecule has 0 spiro atoms. The van der Waals surface area contributed by atoms with Crippen LogP contribution in [0, 0.1) is 22.7 Å². The number of hydrogen-bond acceptors (Lipinski definition) is 7. The largest absolute Gasteiger partial charge is 0.452 e. The van der Waals surface area contributed by atoms with Crippen LogP contribution in [0.4, 0.5) is 0 Å². The second kappa shape index (κ2) is 10.7. The van der Waals surface area contributed by atoms with E-state index in [1.807, 2.05) is 53.9 Å². The van der Waals surface area contributed by atoms with E-state index in [9.17, 15) is 9.59 Å². The van der Waals surface area contributed by atoms with Gasteiger partial charge in [-0.05, 0) is 47.6 Å². The molecule has 0 saturated heterocycles. The lowest BCUT2D eigenvalue weighted by Gasteiger charge is -2.20. The molecule has 2 heterocycles. The van der Waals surface area contributed by atoms with Gasteiger partial charge in [-0.1, -0.05) is 24.3 Å². The molecule has 1 aromatic carbocycles. The van der Waals surface area contributed by atoms with E-state index in [-0.39, 0.29) is 25.9 Å². The Morgan fingerprint density at radius 3 is 2.56 bits per heavy atom. The number of benzene rings is 1. The van der Waals surface area contributed by atoms with Crippen molar-refractivity contribution in [3.05, 3.63) is 63.5 Å². The molecule has 0 saturated carbocycles. The van der Waals surface area contributed by atoms with Crippen molar-refractivity contribution >= 4 is 45.8 Å². The van der Waals surface area contributed by atoms with Crippen molar-refractivity contribution in [1.82, 2.24) is 9.88 Å². The van der Waals surface area contributed by atoms with Gasteiger partial charge in [-0.2, -0.15) is 10.5 Å². The normalized spacial score (nSPS) is 13.3. The predicted molar refractivity (Wildman–Crippen MR) is 130 cm³/mol. The van der Waals surface area contributed by atoms with Gasteiger partial charge in [0.25, 0.3) is 5.91 Å². The zero-order chi connectivity index (χ0) is 23.9. The number of ether oxygens (including phenoxy) is 1. The van der Waals surface area contributed by atoms with E-state index >= 15 is 0 Å². The Kier molecular flexibility index (Phi) is 7.31. The summed E-state index contributed by atoms with van der Waals surface area (Å²) in [6.45, 7) is -0.0585. The minimum atomic E-state index is -0.568. The topological polar surface area (TPSA) is 107 Å². The number of rotatable bonds is 8. The number of esters is 1. The van der Waals surface area contributed by atoms with Crippen LogP contribution in [-0.2, 0) is 16.0 Å². The van der Waals surface area contributed by atoms with Crippen molar-refractivity contribution in [2.75, 3.05) is 19.7 Å². The van der Waals surface area contributed by atoms with E-state index < -0.39 is 18.5 Å². The summed E-state index contributed by atoms with van der Waals surface area (Å²) < 4.78 is 5.46. The highest BCUT2D eigenvalue weighted by Gasteiger charge is 2.28. The van der Waals surface area contributed by atoms with E-state index in [2.05, 4.69) is 6.08 Å². The number of thiophene rings is 1. The number of fused-ring (bicyclic) bond motifs is 2. The van der Waals surface area contributed by atoms with E-state index in [1.54, 1.807) is 11.3 Å². The van der Waals surface area contributed by atoms with Crippen LogP contribution in [0.25, 0.3) is 22.6 Å². The Labute approximate surface area is 201 Å². The molecule has 170 valence electrons. The molecule has 0 N–H and O–H groups in total. The highest BCUT2D eigenvalue weighted by atomic mass is 32.1. The maximum absolute atomic E-state index is 13.3. The number of amides is 1. The van der Waals surface area contributed by atoms with Crippen molar-refractivity contribution in [3.8, 4) is 12.1 Å². The van der Waals surface area contributed by atoms with Crippen molar-refractivity contribution in [1.29, 1.82) is 10.5 Å². The third kappa shape index (κ3) is 4.98. The molecule has 4 rings (SSSR count). The first-order chi connectivity index (χ1) is 16.6. The Morgan fingerprint density at radius 1 is 1.09 bits per heavy atom. The van der Waals surface area contributed by atoms with Gasteiger partial charge in [-0.25, -0.2) is 9.78 Å². The number of aromatic nitrogens is 1. The average Bonchev–Trinajstić information content (AvgIpc) is 3.51. The number of carbonyl (C=O) groups is 2. The fraction of sp³-hybridized carbons (Fsp3) is 0.269. The Balaban J connectivity index is 1.61. The lowest BCUT2D eigenvalue weighted by atomic mass is 10.0. The van der Waals surface area contributed by atoms with Crippen LogP contribution < -0.4 is 0 Å². The number of nitriles is 2. The molecular weight excluding hydrogens is 448 g/mol. The van der Waals surface area contributed by atoms with Crippen LogP contribution in [0.2, 0.25) is 0 Å². The number of hydrogen-bond donors (Lipinski definition) is 0. The number of pyridine rings is 1. The fourth-order valence-corrected chi connectivity index (χ4v) is 4.76. The number of carbonyl (C=O) groups excluding carboxylic acids is 2. The Bertz CT molecular complexity index is 1310. The van der Waals surface area contributed by atoms with E-state index in [0.29, 0.717) is 22.9 Å². The quantitative estimate of drug-likeness (QED) is 0.446. The highest BCUT2D eigenvalue weighted by molar-refractivity contribution is 7.10. The summed E-state index contributed by atoms with van der Waals surface area (Å²) >= 11 is 1.65. The zero-order valence-corrected chi connectivity index (χ0v) is 19.3. The number of para-hydroxylation sites is 1. The van der Waals surface area contributed by atoms with Crippen LogP contribution in [0.1, 0.15) is 45.8 Å². The average molecular weight is 471 g/mol. The molecule has 3 aromatic rings. The van der Waals surface area contributed by atoms with Crippen LogP contribution in [0.5, 0.6) is 0 Å². The first-order valence-electron chi connectivity index (χ1n) is 11.0. The zero-order valence-electron chi connectivity index (χ0n) is 18.5. The van der Waals surface area contributed by atoms with Gasteiger partial charge < -0.3 is 9.64 Å². The summed E-state index contributed by atoms with van der Waals surface area (Å²) in [5.74, 6) is -0.992. The van der Waals surface area contributed by atoms with Crippen LogP contribution in [-0.4, -0.2) is 41.5 Å². The molecule has 7 nitrogen and oxygen atoms in total. The summed E-state index contributed by atoms with van der Waals surface area (Å²) in [6, 6.07) is 15.5. The first-order valence-corrected chi connectivity index (χ1v) is 11.8. The van der Waals surface area contributed by atoms with E-state index in [0.717, 1.165) is 28.1 Å². The third-order valence-electron chi connectivity index (χ3n) is 5.67. The van der Waals surface area contributed by atoms with Gasteiger partial charge in [0.15, 0.2) is 6.61 Å². The third-order valence-corrected chi connectivity index (χ3v) is 6.49. The van der Waals surface area contributed by atoms with Gasteiger partial charge in [0.1, 0.15) is 0 Å². The summed E-state index contributed by atoms with van der Waals surface area (Å²) in [7, 11) is 0. The highest BCUT2D eigenvalue weighted by Crippen LogP contribution is 2.38. The molecule has 0 radical (unpaired) electrons. The van der Waals surface area contributed by atoms with Gasteiger partial charge in [0.2, 0.25) is 0 Å². The molecule has 0 bridgehead atoms. The lowest BCUT2D eigenvalue weighted by molar-refractivity contribution is -0.134. The van der Waals surface area contributed by atoms with Crippen LogP contribution >= 0.6 is 11.3 Å². The van der Waals surface area contributed by atoms with Gasteiger partial charge in [-0.15, -0.1) is 11.3 Å². The van der Waals surface area contributed by atoms with Crippen molar-refractivity contribution < 1.29 is 14.3 Å². The van der Waals surface area contributed by atoms with Gasteiger partial charge in [0, 0.05) is 23.4 Å². The molecule has 1 aliphatic rings. The lowest BCUT2D eigenvalue weighted by Crippen LogP contribution is -2.36. The van der Waals surface area contributed by atoms with Crippen LogP contribution in [0.3, 0.4) is 0 Å². The van der Waals surface area contributed by atoms with Crippen molar-refractivity contribution in [2.24, 2.45) is 0 Å². The molecule has 2 aromatic heterocycles. The van der Waals surface area contributed by atoms with Crippen molar-refractivity contribution in [2.45, 2.75) is 25.7 Å².